The van der Waals surface area contributed by atoms with Gasteiger partial charge in [-0.1, -0.05) is 22.0 Å². The lowest BCUT2D eigenvalue weighted by Gasteiger charge is -2.27. The molecule has 1 fully saturated rings. The zero-order chi connectivity index (χ0) is 11.7. The second-order valence-corrected chi connectivity index (χ2v) is 5.37. The number of aryl methyl sites for hydroxylation is 1. The third kappa shape index (κ3) is 2.40. The van der Waals surface area contributed by atoms with Crippen LogP contribution in [0.2, 0.25) is 0 Å². The number of hydrogen-bond acceptors (Lipinski definition) is 2. The number of anilines is 1. The first-order chi connectivity index (χ1) is 7.63. The van der Waals surface area contributed by atoms with Crippen molar-refractivity contribution in [1.29, 1.82) is 0 Å². The van der Waals surface area contributed by atoms with Crippen LogP contribution in [-0.4, -0.2) is 18.1 Å². The summed E-state index contributed by atoms with van der Waals surface area (Å²) in [6.07, 6.45) is 4.72. The van der Waals surface area contributed by atoms with E-state index in [0.717, 1.165) is 17.1 Å². The molecule has 1 aliphatic carbocycles. The van der Waals surface area contributed by atoms with E-state index in [9.17, 15) is 0 Å². The van der Waals surface area contributed by atoms with E-state index in [1.54, 1.807) is 0 Å². The van der Waals surface area contributed by atoms with Crippen molar-refractivity contribution in [1.82, 2.24) is 4.98 Å². The number of rotatable bonds is 4. The Hall–Kier alpha value is -0.570. The molecule has 2 nitrogen and oxygen atoms in total. The fraction of sp³-hybridized carbons (Fsp3) is 0.615. The van der Waals surface area contributed by atoms with Gasteiger partial charge in [-0.3, -0.25) is 0 Å². The van der Waals surface area contributed by atoms with Crippen LogP contribution < -0.4 is 4.90 Å². The molecule has 0 aromatic carbocycles. The standard InChI is InChI=1S/C13H19BrN2/c1-9-6-11(7-14)8-15-13(9)16(3)10(2)12-4-5-12/h6,8,10,12H,4-5,7H2,1-3H3. The maximum absolute atomic E-state index is 4.58. The van der Waals surface area contributed by atoms with Crippen molar-refractivity contribution in [3.63, 3.8) is 0 Å². The van der Waals surface area contributed by atoms with E-state index in [-0.39, 0.29) is 0 Å². The molecule has 1 unspecified atom stereocenters. The molecular weight excluding hydrogens is 264 g/mol. The number of hydrogen-bond donors (Lipinski definition) is 0. The van der Waals surface area contributed by atoms with Crippen LogP contribution in [0.5, 0.6) is 0 Å². The first-order valence-electron chi connectivity index (χ1n) is 5.87. The second kappa shape index (κ2) is 4.74. The summed E-state index contributed by atoms with van der Waals surface area (Å²) in [6.45, 7) is 4.45. The zero-order valence-electron chi connectivity index (χ0n) is 10.2. The summed E-state index contributed by atoms with van der Waals surface area (Å²) < 4.78 is 0. The summed E-state index contributed by atoms with van der Waals surface area (Å²) >= 11 is 3.46. The van der Waals surface area contributed by atoms with E-state index in [4.69, 9.17) is 0 Å². The van der Waals surface area contributed by atoms with Crippen LogP contribution in [0, 0.1) is 12.8 Å². The Balaban J connectivity index is 2.18. The van der Waals surface area contributed by atoms with Crippen LogP contribution >= 0.6 is 15.9 Å². The SMILES string of the molecule is Cc1cc(CBr)cnc1N(C)C(C)C1CC1. The molecule has 1 aromatic rings. The van der Waals surface area contributed by atoms with Crippen LogP contribution in [0.25, 0.3) is 0 Å². The van der Waals surface area contributed by atoms with Crippen LogP contribution in [0.1, 0.15) is 30.9 Å². The lowest BCUT2D eigenvalue weighted by molar-refractivity contribution is 0.602. The molecule has 0 saturated heterocycles. The Kier molecular flexibility index (Phi) is 3.53. The van der Waals surface area contributed by atoms with E-state index in [1.807, 2.05) is 6.20 Å². The monoisotopic (exact) mass is 282 g/mol. The van der Waals surface area contributed by atoms with Gasteiger partial charge in [-0.05, 0) is 43.7 Å². The highest BCUT2D eigenvalue weighted by atomic mass is 79.9. The average molecular weight is 283 g/mol. The fourth-order valence-electron chi connectivity index (χ4n) is 2.16. The Morgan fingerprint density at radius 1 is 1.56 bits per heavy atom. The minimum absolute atomic E-state index is 0.612. The predicted molar refractivity (Wildman–Crippen MR) is 72.2 cm³/mol. The van der Waals surface area contributed by atoms with Crippen molar-refractivity contribution in [2.75, 3.05) is 11.9 Å². The fourth-order valence-corrected chi connectivity index (χ4v) is 2.46. The van der Waals surface area contributed by atoms with Gasteiger partial charge in [0.15, 0.2) is 0 Å². The molecule has 0 bridgehead atoms. The van der Waals surface area contributed by atoms with Gasteiger partial charge >= 0.3 is 0 Å². The summed E-state index contributed by atoms with van der Waals surface area (Å²) in [5, 5.41) is 0.878. The molecule has 1 atom stereocenters. The van der Waals surface area contributed by atoms with Gasteiger partial charge in [0.2, 0.25) is 0 Å². The first-order valence-corrected chi connectivity index (χ1v) is 7.00. The maximum Gasteiger partial charge on any atom is 0.131 e. The molecule has 0 N–H and O–H groups in total. The van der Waals surface area contributed by atoms with Gasteiger partial charge in [0.25, 0.3) is 0 Å². The third-order valence-electron chi connectivity index (χ3n) is 3.51. The lowest BCUT2D eigenvalue weighted by Crippen LogP contribution is -2.31. The molecule has 1 aliphatic rings. The molecule has 2 rings (SSSR count). The van der Waals surface area contributed by atoms with Crippen molar-refractivity contribution in [3.05, 3.63) is 23.4 Å². The van der Waals surface area contributed by atoms with Crippen molar-refractivity contribution >= 4 is 21.7 Å². The summed E-state index contributed by atoms with van der Waals surface area (Å²) in [7, 11) is 2.16. The van der Waals surface area contributed by atoms with Crippen LogP contribution in [0.15, 0.2) is 12.3 Å². The lowest BCUT2D eigenvalue weighted by atomic mass is 10.1. The highest BCUT2D eigenvalue weighted by Gasteiger charge is 2.31. The van der Waals surface area contributed by atoms with E-state index in [0.29, 0.717) is 6.04 Å². The maximum atomic E-state index is 4.58. The van der Waals surface area contributed by atoms with E-state index < -0.39 is 0 Å². The van der Waals surface area contributed by atoms with Gasteiger partial charge in [-0.25, -0.2) is 4.98 Å². The molecule has 1 aromatic heterocycles. The van der Waals surface area contributed by atoms with Gasteiger partial charge in [0.05, 0.1) is 0 Å². The van der Waals surface area contributed by atoms with Crippen LogP contribution in [0.4, 0.5) is 5.82 Å². The topological polar surface area (TPSA) is 16.1 Å². The molecule has 88 valence electrons. The smallest absolute Gasteiger partial charge is 0.131 e. The predicted octanol–water partition coefficient (Wildman–Crippen LogP) is 3.52. The van der Waals surface area contributed by atoms with E-state index >= 15 is 0 Å². The van der Waals surface area contributed by atoms with Crippen molar-refractivity contribution in [2.45, 2.75) is 38.1 Å². The summed E-state index contributed by atoms with van der Waals surface area (Å²) in [4.78, 5) is 6.90. The Bertz CT molecular complexity index is 374. The van der Waals surface area contributed by atoms with Gasteiger partial charge in [-0.2, -0.15) is 0 Å². The van der Waals surface area contributed by atoms with E-state index in [2.05, 4.69) is 52.8 Å². The molecule has 0 radical (unpaired) electrons. The normalized spacial score (nSPS) is 17.2. The molecule has 0 amide bonds. The number of alkyl halides is 1. The number of halogens is 1. The highest BCUT2D eigenvalue weighted by Crippen LogP contribution is 2.36. The van der Waals surface area contributed by atoms with Gasteiger partial charge in [-0.15, -0.1) is 0 Å². The molecule has 1 heterocycles. The third-order valence-corrected chi connectivity index (χ3v) is 4.16. The zero-order valence-corrected chi connectivity index (χ0v) is 11.8. The minimum Gasteiger partial charge on any atom is -0.356 e. The second-order valence-electron chi connectivity index (χ2n) is 4.81. The molecule has 0 spiro atoms. The molecule has 3 heteroatoms. The summed E-state index contributed by atoms with van der Waals surface area (Å²) in [5.41, 5.74) is 2.51. The van der Waals surface area contributed by atoms with Crippen molar-refractivity contribution < 1.29 is 0 Å². The number of nitrogens with zero attached hydrogens (tertiary/aromatic N) is 2. The number of pyridine rings is 1. The van der Waals surface area contributed by atoms with E-state index in [1.165, 1.54) is 24.0 Å². The van der Waals surface area contributed by atoms with Crippen molar-refractivity contribution in [2.24, 2.45) is 5.92 Å². The largest absolute Gasteiger partial charge is 0.356 e. The molecular formula is C13H19BrN2. The molecule has 16 heavy (non-hydrogen) atoms. The van der Waals surface area contributed by atoms with Crippen LogP contribution in [0.3, 0.4) is 0 Å². The highest BCUT2D eigenvalue weighted by molar-refractivity contribution is 9.08. The average Bonchev–Trinajstić information content (AvgIpc) is 3.10. The Labute approximate surface area is 106 Å². The Morgan fingerprint density at radius 3 is 2.75 bits per heavy atom. The van der Waals surface area contributed by atoms with Gasteiger partial charge < -0.3 is 4.90 Å². The van der Waals surface area contributed by atoms with Crippen LogP contribution in [-0.2, 0) is 5.33 Å². The van der Waals surface area contributed by atoms with Gasteiger partial charge in [0, 0.05) is 24.6 Å². The van der Waals surface area contributed by atoms with Crippen molar-refractivity contribution in [3.8, 4) is 0 Å². The van der Waals surface area contributed by atoms with Gasteiger partial charge in [0.1, 0.15) is 5.82 Å². The first kappa shape index (κ1) is 11.9. The molecule has 0 aliphatic heterocycles. The Morgan fingerprint density at radius 2 is 2.25 bits per heavy atom. The quantitative estimate of drug-likeness (QED) is 0.786. The minimum atomic E-state index is 0.612. The number of aromatic nitrogens is 1. The summed E-state index contributed by atoms with van der Waals surface area (Å²) in [6, 6.07) is 2.83. The summed E-state index contributed by atoms with van der Waals surface area (Å²) in [5.74, 6) is 2.01. The molecule has 1 saturated carbocycles.